The highest BCUT2D eigenvalue weighted by Crippen LogP contribution is 1.97. The van der Waals surface area contributed by atoms with Crippen LogP contribution in [-0.2, 0) is 19.4 Å². The molecule has 17 heavy (non-hydrogen) atoms. The Morgan fingerprint density at radius 3 is 2.59 bits per heavy atom. The lowest BCUT2D eigenvalue weighted by atomic mass is 10.2. The van der Waals surface area contributed by atoms with Gasteiger partial charge in [-0.2, -0.15) is 0 Å². The van der Waals surface area contributed by atoms with E-state index in [2.05, 4.69) is 20.1 Å². The molecule has 0 aliphatic rings. The third-order valence-electron chi connectivity index (χ3n) is 1.78. The molecule has 0 saturated heterocycles. The van der Waals surface area contributed by atoms with Gasteiger partial charge in [0.2, 0.25) is 0 Å². The summed E-state index contributed by atoms with van der Waals surface area (Å²) in [4.78, 5) is 33.4. The molecule has 5 N–H and O–H groups in total. The molecule has 98 valence electrons. The number of aliphatic imine (C=N–C) groups is 1. The zero-order valence-corrected chi connectivity index (χ0v) is 9.93. The first-order valence-corrected chi connectivity index (χ1v) is 5.08. The van der Waals surface area contributed by atoms with E-state index in [0.717, 1.165) is 6.92 Å². The number of hydrogen-bond acceptors (Lipinski definition) is 6. The Morgan fingerprint density at radius 1 is 1.41 bits per heavy atom. The second kappa shape index (κ2) is 8.34. The van der Waals surface area contributed by atoms with Crippen LogP contribution in [0.25, 0.3) is 0 Å². The Balaban J connectivity index is 3.67. The predicted molar refractivity (Wildman–Crippen MR) is 60.6 cm³/mol. The van der Waals surface area contributed by atoms with Gasteiger partial charge in [0.25, 0.3) is 0 Å². The molecule has 0 fully saturated rings. The van der Waals surface area contributed by atoms with E-state index in [4.69, 9.17) is 11.5 Å². The first-order chi connectivity index (χ1) is 7.97. The lowest BCUT2D eigenvalue weighted by molar-refractivity contribution is -0.258. The number of carbonyl (C=O) groups excluding carboxylic acids is 2. The van der Waals surface area contributed by atoms with Gasteiger partial charge in [-0.3, -0.25) is 4.99 Å². The summed E-state index contributed by atoms with van der Waals surface area (Å²) >= 11 is 0. The lowest BCUT2D eigenvalue weighted by Crippen LogP contribution is -2.35. The van der Waals surface area contributed by atoms with Gasteiger partial charge in [-0.15, -0.1) is 0 Å². The summed E-state index contributed by atoms with van der Waals surface area (Å²) in [6.07, 6.45) is 0.983. The summed E-state index contributed by atoms with van der Waals surface area (Å²) in [5.41, 5.74) is 10.9. The fourth-order valence-corrected chi connectivity index (χ4v) is 0.897. The predicted octanol–water partition coefficient (Wildman–Crippen LogP) is -1.35. The molecule has 0 aliphatic heterocycles. The maximum absolute atomic E-state index is 11.1. The fraction of sp³-hybridized carbons (Fsp3) is 0.667. The van der Waals surface area contributed by atoms with E-state index in [1.54, 1.807) is 7.05 Å². The minimum Gasteiger partial charge on any atom is -0.370 e. The topological polar surface area (TPSA) is 129 Å². The Hall–Kier alpha value is -1.83. The normalized spacial score (nSPS) is 12.8. The van der Waals surface area contributed by atoms with Crippen LogP contribution in [0.1, 0.15) is 19.8 Å². The van der Waals surface area contributed by atoms with E-state index >= 15 is 0 Å². The van der Waals surface area contributed by atoms with Gasteiger partial charge < -0.3 is 16.8 Å². The Morgan fingerprint density at radius 2 is 2.06 bits per heavy atom. The molecular formula is C9H18N4O4. The van der Waals surface area contributed by atoms with Crippen molar-refractivity contribution in [3.8, 4) is 0 Å². The number of rotatable bonds is 5. The van der Waals surface area contributed by atoms with Crippen molar-refractivity contribution in [3.05, 3.63) is 0 Å². The van der Waals surface area contributed by atoms with E-state index < -0.39 is 18.0 Å². The van der Waals surface area contributed by atoms with Crippen molar-refractivity contribution >= 4 is 17.9 Å². The van der Waals surface area contributed by atoms with Crippen molar-refractivity contribution in [3.63, 3.8) is 0 Å². The van der Waals surface area contributed by atoms with Gasteiger partial charge in [0, 0.05) is 20.5 Å². The quantitative estimate of drug-likeness (QED) is 0.180. The monoisotopic (exact) mass is 246 g/mol. The minimum absolute atomic E-state index is 0.320. The van der Waals surface area contributed by atoms with Gasteiger partial charge >= 0.3 is 11.9 Å². The summed E-state index contributed by atoms with van der Waals surface area (Å²) in [5.74, 6) is -1.17. The molecule has 0 amide bonds. The van der Waals surface area contributed by atoms with Crippen molar-refractivity contribution < 1.29 is 19.4 Å². The number of guanidine groups is 1. The van der Waals surface area contributed by atoms with Gasteiger partial charge in [0.15, 0.2) is 5.96 Å². The Bertz CT molecular complexity index is 293. The first-order valence-electron chi connectivity index (χ1n) is 5.08. The summed E-state index contributed by atoms with van der Waals surface area (Å²) in [7, 11) is 1.56. The molecular weight excluding hydrogens is 228 g/mol. The van der Waals surface area contributed by atoms with Gasteiger partial charge in [-0.1, -0.05) is 0 Å². The first kappa shape index (κ1) is 15.2. The van der Waals surface area contributed by atoms with Crippen molar-refractivity contribution in [2.24, 2.45) is 16.5 Å². The van der Waals surface area contributed by atoms with Crippen LogP contribution in [-0.4, -0.2) is 37.5 Å². The number of hydrogen-bond donors (Lipinski definition) is 3. The van der Waals surface area contributed by atoms with E-state index in [9.17, 15) is 9.59 Å². The molecule has 0 rings (SSSR count). The van der Waals surface area contributed by atoms with Crippen molar-refractivity contribution in [1.29, 1.82) is 0 Å². The minimum atomic E-state index is -0.837. The third-order valence-corrected chi connectivity index (χ3v) is 1.78. The van der Waals surface area contributed by atoms with Crippen molar-refractivity contribution in [2.45, 2.75) is 25.8 Å². The number of nitrogens with zero attached hydrogens (tertiary/aromatic N) is 1. The van der Waals surface area contributed by atoms with Gasteiger partial charge in [-0.05, 0) is 12.8 Å². The Labute approximate surface area is 99.3 Å². The molecule has 0 unspecified atom stereocenters. The van der Waals surface area contributed by atoms with Crippen LogP contribution >= 0.6 is 0 Å². The van der Waals surface area contributed by atoms with Crippen LogP contribution in [0.15, 0.2) is 4.99 Å². The average Bonchev–Trinajstić information content (AvgIpc) is 2.30. The molecule has 0 spiro atoms. The average molecular weight is 246 g/mol. The van der Waals surface area contributed by atoms with Crippen molar-refractivity contribution in [2.75, 3.05) is 13.6 Å². The summed E-state index contributed by atoms with van der Waals surface area (Å²) < 4.78 is 0. The molecule has 0 aliphatic carbocycles. The maximum Gasteiger partial charge on any atom is 0.372 e. The van der Waals surface area contributed by atoms with E-state index in [1.807, 2.05) is 0 Å². The molecule has 0 radical (unpaired) electrons. The van der Waals surface area contributed by atoms with Crippen LogP contribution in [0, 0.1) is 0 Å². The molecule has 0 aromatic carbocycles. The smallest absolute Gasteiger partial charge is 0.370 e. The van der Waals surface area contributed by atoms with Crippen LogP contribution < -0.4 is 16.8 Å². The molecule has 0 aromatic rings. The Kier molecular flexibility index (Phi) is 7.44. The van der Waals surface area contributed by atoms with Crippen LogP contribution in [0.2, 0.25) is 0 Å². The van der Waals surface area contributed by atoms with Gasteiger partial charge in [0.1, 0.15) is 6.04 Å². The van der Waals surface area contributed by atoms with Crippen LogP contribution in [0.3, 0.4) is 0 Å². The second-order valence-corrected chi connectivity index (χ2v) is 3.26. The largest absolute Gasteiger partial charge is 0.372 e. The summed E-state index contributed by atoms with van der Waals surface area (Å²) in [5, 5.41) is 2.81. The van der Waals surface area contributed by atoms with E-state index in [0.29, 0.717) is 25.3 Å². The lowest BCUT2D eigenvalue weighted by Gasteiger charge is -2.09. The van der Waals surface area contributed by atoms with Crippen LogP contribution in [0.4, 0.5) is 0 Å². The highest BCUT2D eigenvalue weighted by Gasteiger charge is 2.16. The standard InChI is InChI=1S/C9H18N4O4/c1-6(14)16-17-8(15)7(10)4-3-5-13-9(11)12-2/h7H,3-5,10H2,1-2H3,(H3,11,12,13)/t7-/m0/s1. The van der Waals surface area contributed by atoms with Crippen molar-refractivity contribution in [1.82, 2.24) is 5.32 Å². The number of nitrogens with two attached hydrogens (primary N) is 2. The van der Waals surface area contributed by atoms with Gasteiger partial charge in [-0.25, -0.2) is 19.4 Å². The molecule has 0 bridgehead atoms. The number of carbonyl (C=O) groups is 2. The molecule has 1 atom stereocenters. The number of nitrogens with one attached hydrogen (secondary N) is 1. The maximum atomic E-state index is 11.1. The molecule has 0 saturated carbocycles. The highest BCUT2D eigenvalue weighted by molar-refractivity contribution is 5.77. The fourth-order valence-electron chi connectivity index (χ4n) is 0.897. The SMILES string of the molecule is CN=C(N)NCCC[C@H](N)C(=O)OOC(C)=O. The van der Waals surface area contributed by atoms with E-state index in [-0.39, 0.29) is 0 Å². The highest BCUT2D eigenvalue weighted by atomic mass is 17.2. The second-order valence-electron chi connectivity index (χ2n) is 3.26. The molecule has 8 heteroatoms. The zero-order chi connectivity index (χ0) is 13.3. The zero-order valence-electron chi connectivity index (χ0n) is 9.93. The van der Waals surface area contributed by atoms with Crippen LogP contribution in [0.5, 0.6) is 0 Å². The summed E-state index contributed by atoms with van der Waals surface area (Å²) in [6.45, 7) is 1.66. The molecule has 8 nitrogen and oxygen atoms in total. The summed E-state index contributed by atoms with van der Waals surface area (Å²) in [6, 6.07) is -0.837. The third kappa shape index (κ3) is 8.03. The van der Waals surface area contributed by atoms with Gasteiger partial charge in [0.05, 0.1) is 0 Å². The molecule has 0 aromatic heterocycles. The van der Waals surface area contributed by atoms with E-state index in [1.165, 1.54) is 0 Å². The molecule has 0 heterocycles.